The summed E-state index contributed by atoms with van der Waals surface area (Å²) in [7, 11) is 0. The summed E-state index contributed by atoms with van der Waals surface area (Å²) in [5.74, 6) is -0.579. The Hall–Kier alpha value is -2.60. The van der Waals surface area contributed by atoms with Crippen LogP contribution in [0, 0.1) is 0 Å². The van der Waals surface area contributed by atoms with Crippen molar-refractivity contribution in [3.05, 3.63) is 77.2 Å². The molecule has 0 unspecified atom stereocenters. The molecule has 0 atom stereocenters. The summed E-state index contributed by atoms with van der Waals surface area (Å²) in [6.45, 7) is 0. The molecule has 0 aliphatic heterocycles. The lowest BCUT2D eigenvalue weighted by atomic mass is 10.1. The second-order valence-corrected chi connectivity index (χ2v) is 6.00. The number of amides is 1. The first-order valence-electron chi connectivity index (χ1n) is 7.06. The van der Waals surface area contributed by atoms with E-state index in [2.05, 4.69) is 5.32 Å². The van der Waals surface area contributed by atoms with E-state index in [0.717, 1.165) is 22.6 Å². The zero-order valence-electron chi connectivity index (χ0n) is 12.3. The molecule has 24 heavy (non-hydrogen) atoms. The van der Waals surface area contributed by atoms with Gasteiger partial charge in [0.15, 0.2) is 0 Å². The Morgan fingerprint density at radius 2 is 1.75 bits per heavy atom. The van der Waals surface area contributed by atoms with Crippen molar-refractivity contribution in [2.45, 2.75) is 6.18 Å². The van der Waals surface area contributed by atoms with Crippen molar-refractivity contribution in [2.75, 3.05) is 5.32 Å². The van der Waals surface area contributed by atoms with Gasteiger partial charge in [-0.1, -0.05) is 30.3 Å². The number of rotatable bonds is 3. The molecule has 0 spiro atoms. The number of alkyl halides is 3. The van der Waals surface area contributed by atoms with E-state index in [0.29, 0.717) is 5.69 Å². The number of benzene rings is 2. The Kier molecular flexibility index (Phi) is 4.40. The van der Waals surface area contributed by atoms with E-state index >= 15 is 0 Å². The lowest BCUT2D eigenvalue weighted by Gasteiger charge is -2.11. The molecule has 0 fully saturated rings. The number of anilines is 1. The van der Waals surface area contributed by atoms with Gasteiger partial charge in [0.1, 0.15) is 0 Å². The Morgan fingerprint density at radius 3 is 2.46 bits per heavy atom. The lowest BCUT2D eigenvalue weighted by molar-refractivity contribution is -0.137. The third kappa shape index (κ3) is 3.49. The predicted molar refractivity (Wildman–Crippen MR) is 89.2 cm³/mol. The second kappa shape index (κ2) is 6.49. The van der Waals surface area contributed by atoms with Crippen LogP contribution < -0.4 is 5.32 Å². The highest BCUT2D eigenvalue weighted by molar-refractivity contribution is 7.13. The second-order valence-electron chi connectivity index (χ2n) is 5.06. The van der Waals surface area contributed by atoms with Crippen LogP contribution in [0.1, 0.15) is 15.9 Å². The zero-order chi connectivity index (χ0) is 17.2. The number of thiophene rings is 1. The molecule has 0 radical (unpaired) electrons. The van der Waals surface area contributed by atoms with E-state index in [4.69, 9.17) is 0 Å². The molecule has 3 aromatic rings. The molecule has 0 saturated carbocycles. The molecule has 1 aromatic heterocycles. The topological polar surface area (TPSA) is 29.1 Å². The number of nitrogens with one attached hydrogen (secondary N) is 1. The highest BCUT2D eigenvalue weighted by atomic mass is 32.1. The number of carbonyl (C=O) groups is 1. The molecule has 1 heterocycles. The fourth-order valence-electron chi connectivity index (χ4n) is 2.27. The number of carbonyl (C=O) groups excluding carboxylic acids is 1. The van der Waals surface area contributed by atoms with Crippen LogP contribution in [0.25, 0.3) is 10.4 Å². The minimum absolute atomic E-state index is 0.0363. The Labute approximate surface area is 140 Å². The molecule has 122 valence electrons. The monoisotopic (exact) mass is 347 g/mol. The summed E-state index contributed by atoms with van der Waals surface area (Å²) in [6, 6.07) is 15.4. The van der Waals surface area contributed by atoms with Crippen molar-refractivity contribution < 1.29 is 18.0 Å². The van der Waals surface area contributed by atoms with Crippen molar-refractivity contribution in [3.63, 3.8) is 0 Å². The number of hydrogen-bond acceptors (Lipinski definition) is 2. The van der Waals surface area contributed by atoms with Crippen LogP contribution in [0.2, 0.25) is 0 Å². The van der Waals surface area contributed by atoms with Crippen molar-refractivity contribution in [1.82, 2.24) is 0 Å². The molecule has 1 N–H and O–H groups in total. The highest BCUT2D eigenvalue weighted by Crippen LogP contribution is 2.32. The Bertz CT molecular complexity index is 857. The van der Waals surface area contributed by atoms with Gasteiger partial charge in [-0.15, -0.1) is 11.3 Å². The summed E-state index contributed by atoms with van der Waals surface area (Å²) in [5, 5.41) is 4.61. The van der Waals surface area contributed by atoms with Gasteiger partial charge in [0.25, 0.3) is 5.91 Å². The average Bonchev–Trinajstić information content (AvgIpc) is 3.09. The quantitative estimate of drug-likeness (QED) is 0.648. The van der Waals surface area contributed by atoms with Crippen molar-refractivity contribution >= 4 is 22.9 Å². The number of halogens is 3. The largest absolute Gasteiger partial charge is 0.416 e. The van der Waals surface area contributed by atoms with E-state index in [9.17, 15) is 18.0 Å². The average molecular weight is 347 g/mol. The minimum atomic E-state index is -4.48. The first-order valence-corrected chi connectivity index (χ1v) is 7.94. The van der Waals surface area contributed by atoms with Crippen molar-refractivity contribution in [3.8, 4) is 10.4 Å². The third-order valence-electron chi connectivity index (χ3n) is 3.41. The molecule has 2 nitrogen and oxygen atoms in total. The summed E-state index contributed by atoms with van der Waals surface area (Å²) < 4.78 is 38.3. The molecule has 0 aliphatic carbocycles. The van der Waals surface area contributed by atoms with E-state index in [1.54, 1.807) is 12.1 Å². The van der Waals surface area contributed by atoms with Gasteiger partial charge in [-0.05, 0) is 35.7 Å². The predicted octanol–water partition coefficient (Wildman–Crippen LogP) is 5.69. The molecule has 0 bridgehead atoms. The van der Waals surface area contributed by atoms with Crippen LogP contribution in [0.15, 0.2) is 66.0 Å². The molecular formula is C18H12F3NOS. The highest BCUT2D eigenvalue weighted by Gasteiger charge is 2.30. The molecule has 1 amide bonds. The van der Waals surface area contributed by atoms with Crippen LogP contribution in [0.5, 0.6) is 0 Å². The van der Waals surface area contributed by atoms with Gasteiger partial charge >= 0.3 is 6.18 Å². The van der Waals surface area contributed by atoms with E-state index < -0.39 is 17.6 Å². The van der Waals surface area contributed by atoms with Crippen LogP contribution in [-0.4, -0.2) is 5.91 Å². The normalized spacial score (nSPS) is 11.3. The van der Waals surface area contributed by atoms with Gasteiger partial charge in [-0.3, -0.25) is 4.79 Å². The fourth-order valence-corrected chi connectivity index (χ4v) is 3.04. The van der Waals surface area contributed by atoms with Crippen LogP contribution >= 0.6 is 11.3 Å². The molecule has 2 aromatic carbocycles. The standard InChI is InChI=1S/C18H12F3NOS/c19-18(20,21)13-6-3-5-12(11-13)17(23)22-15-8-2-1-7-14(15)16-9-4-10-24-16/h1-11H,(H,22,23). The zero-order valence-corrected chi connectivity index (χ0v) is 13.1. The van der Waals surface area contributed by atoms with Crippen molar-refractivity contribution in [2.24, 2.45) is 0 Å². The molecule has 3 rings (SSSR count). The molecule has 6 heteroatoms. The van der Waals surface area contributed by atoms with Gasteiger partial charge in [0.05, 0.1) is 5.56 Å². The van der Waals surface area contributed by atoms with Crippen LogP contribution in [0.4, 0.5) is 18.9 Å². The number of hydrogen-bond donors (Lipinski definition) is 1. The van der Waals surface area contributed by atoms with E-state index in [1.807, 2.05) is 29.6 Å². The van der Waals surface area contributed by atoms with Crippen LogP contribution in [-0.2, 0) is 6.18 Å². The van der Waals surface area contributed by atoms with Crippen LogP contribution in [0.3, 0.4) is 0 Å². The summed E-state index contributed by atoms with van der Waals surface area (Å²) in [4.78, 5) is 13.3. The minimum Gasteiger partial charge on any atom is -0.321 e. The first-order chi connectivity index (χ1) is 11.4. The molecule has 0 aliphatic rings. The van der Waals surface area contributed by atoms with E-state index in [1.165, 1.54) is 23.5 Å². The molecule has 0 saturated heterocycles. The summed E-state index contributed by atoms with van der Waals surface area (Å²) >= 11 is 1.52. The smallest absolute Gasteiger partial charge is 0.321 e. The first kappa shape index (κ1) is 16.3. The SMILES string of the molecule is O=C(Nc1ccccc1-c1cccs1)c1cccc(C(F)(F)F)c1. The third-order valence-corrected chi connectivity index (χ3v) is 4.32. The molecular weight excluding hydrogens is 335 g/mol. The van der Waals surface area contributed by atoms with Gasteiger partial charge in [0.2, 0.25) is 0 Å². The van der Waals surface area contributed by atoms with Gasteiger partial charge in [-0.25, -0.2) is 0 Å². The maximum Gasteiger partial charge on any atom is 0.416 e. The lowest BCUT2D eigenvalue weighted by Crippen LogP contribution is -2.14. The maximum atomic E-state index is 12.8. The maximum absolute atomic E-state index is 12.8. The van der Waals surface area contributed by atoms with Crippen molar-refractivity contribution in [1.29, 1.82) is 0 Å². The van der Waals surface area contributed by atoms with Gasteiger partial charge < -0.3 is 5.32 Å². The number of para-hydroxylation sites is 1. The van der Waals surface area contributed by atoms with Gasteiger partial charge in [-0.2, -0.15) is 13.2 Å². The Morgan fingerprint density at radius 1 is 0.958 bits per heavy atom. The summed E-state index contributed by atoms with van der Waals surface area (Å²) in [6.07, 6.45) is -4.48. The van der Waals surface area contributed by atoms with E-state index in [-0.39, 0.29) is 5.56 Å². The Balaban J connectivity index is 1.89. The van der Waals surface area contributed by atoms with Gasteiger partial charge in [0, 0.05) is 21.7 Å². The summed E-state index contributed by atoms with van der Waals surface area (Å²) in [5.41, 5.74) is 0.502. The fraction of sp³-hybridized carbons (Fsp3) is 0.0556.